The lowest BCUT2D eigenvalue weighted by Crippen LogP contribution is -2.33. The van der Waals surface area contributed by atoms with E-state index in [9.17, 15) is 19.1 Å². The number of pyridine rings is 1. The standard InChI is InChI=1S/C29H32FNO4/c1-29(2,3)27-14-20-13-19(7-5-6-12-35-4)22(18-8-10-21(30)11-9-18)15-23(20)25-16-26(32)24(28(33)34)17-31(25)27/h8-11,13,15-17,27H,5-7,12,14H2,1-4H3,(H,33,34). The third kappa shape index (κ3) is 5.08. The van der Waals surface area contributed by atoms with Gasteiger partial charge in [0, 0.05) is 37.6 Å². The monoisotopic (exact) mass is 477 g/mol. The summed E-state index contributed by atoms with van der Waals surface area (Å²) < 4.78 is 20.8. The number of hydrogen-bond donors (Lipinski definition) is 1. The summed E-state index contributed by atoms with van der Waals surface area (Å²) in [7, 11) is 1.70. The molecule has 0 amide bonds. The van der Waals surface area contributed by atoms with E-state index in [4.69, 9.17) is 4.74 Å². The number of ether oxygens (including phenoxy) is 1. The van der Waals surface area contributed by atoms with E-state index in [0.717, 1.165) is 53.6 Å². The number of rotatable bonds is 7. The van der Waals surface area contributed by atoms with Crippen molar-refractivity contribution in [2.24, 2.45) is 5.41 Å². The van der Waals surface area contributed by atoms with Crippen LogP contribution in [0, 0.1) is 11.2 Å². The average Bonchev–Trinajstić information content (AvgIpc) is 2.80. The number of carboxylic acid groups (broad SMARTS) is 1. The summed E-state index contributed by atoms with van der Waals surface area (Å²) in [5.41, 5.74) is 4.97. The number of aromatic nitrogens is 1. The fourth-order valence-electron chi connectivity index (χ4n) is 4.98. The van der Waals surface area contributed by atoms with E-state index >= 15 is 0 Å². The van der Waals surface area contributed by atoms with Crippen LogP contribution in [0.2, 0.25) is 0 Å². The highest BCUT2D eigenvalue weighted by molar-refractivity contribution is 5.88. The van der Waals surface area contributed by atoms with Crippen molar-refractivity contribution in [3.8, 4) is 22.4 Å². The van der Waals surface area contributed by atoms with Crippen molar-refractivity contribution in [3.63, 3.8) is 0 Å². The van der Waals surface area contributed by atoms with Gasteiger partial charge in [0.2, 0.25) is 0 Å². The SMILES string of the molecule is COCCCCc1cc2c(cc1-c1ccc(F)cc1)-c1cc(=O)c(C(=O)O)cn1C(C(C)(C)C)C2. The normalized spacial score (nSPS) is 14.9. The number of aryl methyl sites for hydroxylation is 1. The van der Waals surface area contributed by atoms with E-state index in [0.29, 0.717) is 6.61 Å². The van der Waals surface area contributed by atoms with E-state index in [1.54, 1.807) is 19.2 Å². The topological polar surface area (TPSA) is 68.5 Å². The molecular weight excluding hydrogens is 445 g/mol. The van der Waals surface area contributed by atoms with Gasteiger partial charge in [0.05, 0.1) is 5.69 Å². The molecule has 1 aromatic heterocycles. The molecule has 0 bridgehead atoms. The molecule has 3 aromatic rings. The summed E-state index contributed by atoms with van der Waals surface area (Å²) in [5, 5.41) is 9.57. The molecule has 0 radical (unpaired) electrons. The molecule has 0 spiro atoms. The first-order chi connectivity index (χ1) is 16.6. The predicted molar refractivity (Wildman–Crippen MR) is 136 cm³/mol. The van der Waals surface area contributed by atoms with Crippen LogP contribution in [0.15, 0.2) is 53.5 Å². The van der Waals surface area contributed by atoms with Gasteiger partial charge in [-0.15, -0.1) is 0 Å². The van der Waals surface area contributed by atoms with E-state index in [1.165, 1.54) is 30.0 Å². The molecule has 1 unspecified atom stereocenters. The van der Waals surface area contributed by atoms with Crippen LogP contribution in [-0.2, 0) is 17.6 Å². The Morgan fingerprint density at radius 1 is 1.11 bits per heavy atom. The van der Waals surface area contributed by atoms with Gasteiger partial charge < -0.3 is 14.4 Å². The van der Waals surface area contributed by atoms with Crippen LogP contribution in [0.1, 0.15) is 61.1 Å². The summed E-state index contributed by atoms with van der Waals surface area (Å²) in [6.45, 7) is 7.09. The molecule has 2 aromatic carbocycles. The summed E-state index contributed by atoms with van der Waals surface area (Å²) >= 11 is 0. The van der Waals surface area contributed by atoms with Crippen molar-refractivity contribution in [2.45, 2.75) is 52.5 Å². The highest BCUT2D eigenvalue weighted by Gasteiger charge is 2.34. The molecule has 2 heterocycles. The van der Waals surface area contributed by atoms with Crippen molar-refractivity contribution in [1.29, 1.82) is 0 Å². The largest absolute Gasteiger partial charge is 0.477 e. The van der Waals surface area contributed by atoms with Gasteiger partial charge >= 0.3 is 5.97 Å². The molecule has 184 valence electrons. The van der Waals surface area contributed by atoms with Gasteiger partial charge in [-0.2, -0.15) is 0 Å². The van der Waals surface area contributed by atoms with Crippen LogP contribution in [0.5, 0.6) is 0 Å². The summed E-state index contributed by atoms with van der Waals surface area (Å²) in [6, 6.07) is 12.2. The minimum atomic E-state index is -1.22. The van der Waals surface area contributed by atoms with Crippen LogP contribution < -0.4 is 5.43 Å². The van der Waals surface area contributed by atoms with E-state index in [1.807, 2.05) is 4.57 Å². The number of benzene rings is 2. The first kappa shape index (κ1) is 24.9. The Kier molecular flexibility index (Phi) is 6.95. The van der Waals surface area contributed by atoms with E-state index in [2.05, 4.69) is 32.9 Å². The molecule has 35 heavy (non-hydrogen) atoms. The average molecular weight is 478 g/mol. The zero-order valence-corrected chi connectivity index (χ0v) is 20.7. The number of hydrogen-bond acceptors (Lipinski definition) is 3. The Balaban J connectivity index is 1.92. The van der Waals surface area contributed by atoms with Gasteiger partial charge in [-0.3, -0.25) is 4.79 Å². The molecule has 1 atom stereocenters. The Morgan fingerprint density at radius 2 is 1.83 bits per heavy atom. The van der Waals surface area contributed by atoms with Gasteiger partial charge in [-0.1, -0.05) is 39.0 Å². The molecule has 0 aliphatic carbocycles. The van der Waals surface area contributed by atoms with Crippen molar-refractivity contribution >= 4 is 5.97 Å². The van der Waals surface area contributed by atoms with Gasteiger partial charge in [0.1, 0.15) is 11.4 Å². The molecule has 0 saturated heterocycles. The first-order valence-electron chi connectivity index (χ1n) is 12.0. The third-order valence-corrected chi connectivity index (χ3v) is 6.86. The zero-order valence-electron chi connectivity index (χ0n) is 20.7. The summed E-state index contributed by atoms with van der Waals surface area (Å²) in [4.78, 5) is 24.4. The van der Waals surface area contributed by atoms with Gasteiger partial charge in [0.25, 0.3) is 0 Å². The maximum Gasteiger partial charge on any atom is 0.341 e. The number of aromatic carboxylic acids is 1. The Hall–Kier alpha value is -3.25. The number of methoxy groups -OCH3 is 1. The Labute approximate surface area is 205 Å². The lowest BCUT2D eigenvalue weighted by Gasteiger charge is -2.39. The second kappa shape index (κ2) is 9.78. The van der Waals surface area contributed by atoms with Gasteiger partial charge in [-0.05, 0) is 71.6 Å². The number of unbranched alkanes of at least 4 members (excludes halogenated alkanes) is 1. The number of nitrogens with zero attached hydrogens (tertiary/aromatic N) is 1. The van der Waals surface area contributed by atoms with E-state index < -0.39 is 11.4 Å². The minimum Gasteiger partial charge on any atom is -0.477 e. The van der Waals surface area contributed by atoms with Crippen molar-refractivity contribution in [2.75, 3.05) is 13.7 Å². The Bertz CT molecular complexity index is 1300. The fraction of sp³-hybridized carbons (Fsp3) is 0.379. The maximum atomic E-state index is 13.7. The maximum absolute atomic E-state index is 13.7. The quantitative estimate of drug-likeness (QED) is 0.416. The fourth-order valence-corrected chi connectivity index (χ4v) is 4.98. The van der Waals surface area contributed by atoms with Crippen molar-refractivity contribution in [3.05, 3.63) is 81.4 Å². The lowest BCUT2D eigenvalue weighted by molar-refractivity contribution is 0.0693. The number of fused-ring (bicyclic) bond motifs is 3. The highest BCUT2D eigenvalue weighted by atomic mass is 19.1. The molecule has 1 aliphatic rings. The molecule has 0 fully saturated rings. The first-order valence-corrected chi connectivity index (χ1v) is 12.0. The molecule has 0 saturated carbocycles. The van der Waals surface area contributed by atoms with E-state index in [-0.39, 0.29) is 22.8 Å². The molecular formula is C29H32FNO4. The van der Waals surface area contributed by atoms with Crippen LogP contribution in [0.25, 0.3) is 22.4 Å². The number of carbonyl (C=O) groups is 1. The van der Waals surface area contributed by atoms with Crippen LogP contribution in [0.4, 0.5) is 4.39 Å². The van der Waals surface area contributed by atoms with Crippen molar-refractivity contribution in [1.82, 2.24) is 4.57 Å². The summed E-state index contributed by atoms with van der Waals surface area (Å²) in [5.74, 6) is -1.51. The van der Waals surface area contributed by atoms with Gasteiger partial charge in [-0.25, -0.2) is 9.18 Å². The minimum absolute atomic E-state index is 0.0123. The Morgan fingerprint density at radius 3 is 2.46 bits per heavy atom. The molecule has 1 aliphatic heterocycles. The molecule has 1 N–H and O–H groups in total. The molecule has 5 nitrogen and oxygen atoms in total. The molecule has 4 rings (SSSR count). The van der Waals surface area contributed by atoms with Crippen molar-refractivity contribution < 1.29 is 19.0 Å². The highest BCUT2D eigenvalue weighted by Crippen LogP contribution is 2.44. The summed E-state index contributed by atoms with van der Waals surface area (Å²) in [6.07, 6.45) is 4.98. The van der Waals surface area contributed by atoms with Crippen LogP contribution in [0.3, 0.4) is 0 Å². The molecule has 6 heteroatoms. The van der Waals surface area contributed by atoms with Crippen LogP contribution in [-0.4, -0.2) is 29.4 Å². The second-order valence-electron chi connectivity index (χ2n) is 10.4. The van der Waals surface area contributed by atoms with Crippen LogP contribution >= 0.6 is 0 Å². The number of carboxylic acids is 1. The zero-order chi connectivity index (χ0) is 25.3. The lowest BCUT2D eigenvalue weighted by atomic mass is 9.77. The van der Waals surface area contributed by atoms with Gasteiger partial charge in [0.15, 0.2) is 5.43 Å². The second-order valence-corrected chi connectivity index (χ2v) is 10.4. The predicted octanol–water partition coefficient (Wildman–Crippen LogP) is 6.13. The smallest absolute Gasteiger partial charge is 0.341 e. The third-order valence-electron chi connectivity index (χ3n) is 6.86. The number of halogens is 1.